The predicted octanol–water partition coefficient (Wildman–Crippen LogP) is 12.2. The molecule has 79 heavy (non-hydrogen) atoms. The first kappa shape index (κ1) is 51.3. The Balaban J connectivity index is 1.51. The Morgan fingerprint density at radius 3 is 0.646 bits per heavy atom. The lowest BCUT2D eigenvalue weighted by atomic mass is 9.90. The Morgan fingerprint density at radius 2 is 0.418 bits per heavy atom. The second-order valence-electron chi connectivity index (χ2n) is 16.0. The average Bonchev–Trinajstić information content (AvgIpc) is 3.29. The lowest BCUT2D eigenvalue weighted by Crippen LogP contribution is -2.10. The number of rotatable bonds is 4. The fraction of sp³-hybridized carbons (Fsp3) is 0. The average molecular weight is 1090 g/mol. The van der Waals surface area contributed by atoms with Gasteiger partial charge in [-0.05, 0) is 0 Å². The molecular weight excluding hydrogens is 1090 g/mol. The predicted molar refractivity (Wildman–Crippen MR) is 232 cm³/mol. The molecular formula is C50H3F17N12. The first-order valence-electron chi connectivity index (χ1n) is 20.7. The zero-order valence-corrected chi connectivity index (χ0v) is 37.1. The number of nitriles is 6. The molecule has 0 spiro atoms. The lowest BCUT2D eigenvalue weighted by Gasteiger charge is -2.17. The molecule has 10 rings (SSSR count). The van der Waals surface area contributed by atoms with Crippen LogP contribution in [0.25, 0.3) is 106 Å². The minimum atomic E-state index is -2.77. The molecule has 0 aliphatic rings. The van der Waals surface area contributed by atoms with Crippen molar-refractivity contribution >= 4 is 72.3 Å². The zero-order chi connectivity index (χ0) is 57.4. The van der Waals surface area contributed by atoms with Gasteiger partial charge >= 0.3 is 0 Å². The Hall–Kier alpha value is -11.2. The number of hydrogen-bond acceptors (Lipinski definition) is 12. The molecule has 29 heteroatoms. The lowest BCUT2D eigenvalue weighted by molar-refractivity contribution is 0.381. The third-order valence-corrected chi connectivity index (χ3v) is 12.2. The van der Waals surface area contributed by atoms with Gasteiger partial charge in [0.15, 0.2) is 87.3 Å². The largest absolute Gasteiger partial charge is 0.241 e. The Morgan fingerprint density at radius 1 is 0.228 bits per heavy atom. The molecule has 0 bridgehead atoms. The number of nitrogens with zero attached hydrogens (tertiary/aromatic N) is 12. The van der Waals surface area contributed by atoms with Crippen molar-refractivity contribution in [3.63, 3.8) is 0 Å². The van der Waals surface area contributed by atoms with Gasteiger partial charge in [0, 0.05) is 27.8 Å². The first-order chi connectivity index (χ1) is 37.5. The van der Waals surface area contributed by atoms with E-state index in [1.807, 2.05) is 0 Å². The fourth-order valence-electron chi connectivity index (χ4n) is 8.78. The topological polar surface area (TPSA) is 220 Å². The van der Waals surface area contributed by atoms with Crippen LogP contribution in [0.1, 0.15) is 38.9 Å². The maximum absolute atomic E-state index is 16.9. The summed E-state index contributed by atoms with van der Waals surface area (Å²) in [7, 11) is 0. The standard InChI is InChI=1S/C50H3F17N12/c1-2-9-16(26(55)32(61)31(60)25(9)54)17-10(3-68)39-42(13(6-71)22(17)51)77-48-45(74-39)49-47(76-40-11(4-69)18(23(52)14(7-72)43(40)78-49)20-27(56)33(62)37(66)34(63)28(20)57)50-46(48)75-41-12(5-70)19(24(53)15(8-73)44(41)79-50)21-29(58)35(64)38(67)36(65)30(21)59/h2H,1H2. The van der Waals surface area contributed by atoms with Crippen molar-refractivity contribution in [3.8, 4) is 69.8 Å². The highest BCUT2D eigenvalue weighted by atomic mass is 19.2. The molecule has 7 aromatic carbocycles. The molecule has 12 nitrogen and oxygen atoms in total. The van der Waals surface area contributed by atoms with Crippen molar-refractivity contribution < 1.29 is 74.6 Å². The summed E-state index contributed by atoms with van der Waals surface area (Å²) >= 11 is 0. The Kier molecular flexibility index (Phi) is 11.5. The second-order valence-corrected chi connectivity index (χ2v) is 16.0. The van der Waals surface area contributed by atoms with Crippen molar-refractivity contribution in [2.45, 2.75) is 0 Å². The molecule has 0 saturated carbocycles. The van der Waals surface area contributed by atoms with E-state index >= 15 is 39.5 Å². The Bertz CT molecular complexity index is 4790. The number of benzene rings is 7. The van der Waals surface area contributed by atoms with Crippen LogP contribution in [0.3, 0.4) is 0 Å². The van der Waals surface area contributed by atoms with E-state index in [0.29, 0.717) is 6.08 Å². The van der Waals surface area contributed by atoms with E-state index in [9.17, 15) is 66.7 Å². The number of hydrogen-bond donors (Lipinski definition) is 0. The molecule has 3 aromatic heterocycles. The minimum Gasteiger partial charge on any atom is -0.241 e. The molecule has 0 atom stereocenters. The SMILES string of the molecule is C=Cc1c(F)c(F)c(F)c(F)c1-c1c(F)c(C#N)c2nc3c4nc5c(C#N)c(-c6c(F)c(F)c(F)c(F)c6F)c(F)c(C#N)c5nc4c4nc5c(C#N)c(-c6c(F)c(F)c(F)c(F)c6F)c(F)c(C#N)c5nc4c3nc2c1C#N. The summed E-state index contributed by atoms with van der Waals surface area (Å²) in [6, 6.07) is 7.53. The smallest absolute Gasteiger partial charge is 0.200 e. The number of halogens is 17. The highest BCUT2D eigenvalue weighted by Gasteiger charge is 2.38. The van der Waals surface area contributed by atoms with Crippen molar-refractivity contribution in [1.82, 2.24) is 29.9 Å². The molecule has 0 aliphatic heterocycles. The van der Waals surface area contributed by atoms with Crippen LogP contribution in [-0.2, 0) is 0 Å². The van der Waals surface area contributed by atoms with E-state index in [0.717, 1.165) is 0 Å². The number of fused-ring (bicyclic) bond motifs is 9. The summed E-state index contributed by atoms with van der Waals surface area (Å²) in [5.41, 5.74) is -34.5. The maximum atomic E-state index is 16.9. The minimum absolute atomic E-state index is 0.345. The van der Waals surface area contributed by atoms with Gasteiger partial charge in [-0.1, -0.05) is 12.7 Å². The molecule has 10 aromatic rings. The van der Waals surface area contributed by atoms with E-state index in [2.05, 4.69) is 36.5 Å². The van der Waals surface area contributed by atoms with Crippen LogP contribution >= 0.6 is 0 Å². The fourth-order valence-corrected chi connectivity index (χ4v) is 8.78. The van der Waals surface area contributed by atoms with E-state index in [1.165, 1.54) is 36.4 Å². The maximum Gasteiger partial charge on any atom is 0.200 e. The zero-order valence-electron chi connectivity index (χ0n) is 37.1. The van der Waals surface area contributed by atoms with Crippen LogP contribution in [0, 0.1) is 167 Å². The molecule has 3 heterocycles. The molecule has 0 amide bonds. The number of aromatic nitrogens is 6. The van der Waals surface area contributed by atoms with Gasteiger partial charge in [-0.15, -0.1) is 0 Å². The quantitative estimate of drug-likeness (QED) is 0.0528. The van der Waals surface area contributed by atoms with Crippen LogP contribution in [0.4, 0.5) is 74.6 Å². The van der Waals surface area contributed by atoms with Crippen molar-refractivity contribution in [3.05, 3.63) is 144 Å². The molecule has 0 unspecified atom stereocenters. The van der Waals surface area contributed by atoms with Crippen LogP contribution in [0.15, 0.2) is 6.58 Å². The van der Waals surface area contributed by atoms with Gasteiger partial charge in [0.25, 0.3) is 0 Å². The van der Waals surface area contributed by atoms with Crippen molar-refractivity contribution in [2.75, 3.05) is 0 Å². The van der Waals surface area contributed by atoms with Gasteiger partial charge in [0.1, 0.15) is 119 Å². The van der Waals surface area contributed by atoms with Gasteiger partial charge < -0.3 is 0 Å². The monoisotopic (exact) mass is 1090 g/mol. The van der Waals surface area contributed by atoms with Crippen molar-refractivity contribution in [2.24, 2.45) is 0 Å². The summed E-state index contributed by atoms with van der Waals surface area (Å²) in [5.74, 6) is -43.5. The summed E-state index contributed by atoms with van der Waals surface area (Å²) in [5, 5.41) is 62.4. The van der Waals surface area contributed by atoms with E-state index < -0.39 is 237 Å². The molecule has 0 saturated heterocycles. The van der Waals surface area contributed by atoms with Crippen LogP contribution in [-0.4, -0.2) is 29.9 Å². The highest BCUT2D eigenvalue weighted by Crippen LogP contribution is 2.46. The van der Waals surface area contributed by atoms with Gasteiger partial charge in [-0.2, -0.15) is 31.6 Å². The summed E-state index contributed by atoms with van der Waals surface area (Å²) in [6.45, 7) is 3.15. The summed E-state index contributed by atoms with van der Waals surface area (Å²) in [4.78, 5) is 24.8. The van der Waals surface area contributed by atoms with E-state index in [4.69, 9.17) is 0 Å². The van der Waals surface area contributed by atoms with Crippen LogP contribution < -0.4 is 0 Å². The summed E-state index contributed by atoms with van der Waals surface area (Å²) < 4.78 is 260. The highest BCUT2D eigenvalue weighted by molar-refractivity contribution is 6.22. The van der Waals surface area contributed by atoms with E-state index in [1.54, 1.807) is 0 Å². The van der Waals surface area contributed by atoms with Crippen molar-refractivity contribution in [1.29, 1.82) is 31.6 Å². The molecule has 0 radical (unpaired) electrons. The third-order valence-electron chi connectivity index (χ3n) is 12.2. The van der Waals surface area contributed by atoms with Gasteiger partial charge in [-0.25, -0.2) is 105 Å². The first-order valence-corrected chi connectivity index (χ1v) is 20.7. The van der Waals surface area contributed by atoms with Crippen LogP contribution in [0.5, 0.6) is 0 Å². The molecule has 382 valence electrons. The summed E-state index contributed by atoms with van der Waals surface area (Å²) in [6.07, 6.45) is 0.345. The Labute approximate surface area is 421 Å². The van der Waals surface area contributed by atoms with Crippen LogP contribution in [0.2, 0.25) is 0 Å². The van der Waals surface area contributed by atoms with Gasteiger partial charge in [-0.3, -0.25) is 0 Å². The molecule has 0 aliphatic carbocycles. The van der Waals surface area contributed by atoms with E-state index in [-0.39, 0.29) is 0 Å². The normalized spacial score (nSPS) is 11.3. The third kappa shape index (κ3) is 6.57. The van der Waals surface area contributed by atoms with Gasteiger partial charge in [0.2, 0.25) is 11.6 Å². The second kappa shape index (κ2) is 17.7. The molecule has 0 fully saturated rings. The molecule has 0 N–H and O–H groups in total. The van der Waals surface area contributed by atoms with Gasteiger partial charge in [0.05, 0.1) is 27.8 Å².